The van der Waals surface area contributed by atoms with Crippen molar-refractivity contribution < 1.29 is 9.21 Å². The fourth-order valence-corrected chi connectivity index (χ4v) is 3.54. The number of carbonyl (C=O) groups is 1. The summed E-state index contributed by atoms with van der Waals surface area (Å²) in [5.41, 5.74) is 2.94. The Hall–Kier alpha value is -0.940. The summed E-state index contributed by atoms with van der Waals surface area (Å²) in [7, 11) is 0. The van der Waals surface area contributed by atoms with E-state index in [-0.39, 0.29) is 5.91 Å². The van der Waals surface area contributed by atoms with Gasteiger partial charge in [-0.3, -0.25) is 10.2 Å². The Morgan fingerprint density at radius 3 is 2.94 bits per heavy atom. The van der Waals surface area contributed by atoms with Crippen molar-refractivity contribution in [1.82, 2.24) is 5.43 Å². The minimum atomic E-state index is -0.362. The molecule has 1 aromatic heterocycles. The summed E-state index contributed by atoms with van der Waals surface area (Å²) in [6, 6.07) is 1.92. The lowest BCUT2D eigenvalue weighted by Crippen LogP contribution is -2.30. The van der Waals surface area contributed by atoms with Crippen molar-refractivity contribution in [2.45, 2.75) is 38.4 Å². The fraction of sp³-hybridized carbons (Fsp3) is 0.615. The van der Waals surface area contributed by atoms with Crippen molar-refractivity contribution in [3.63, 3.8) is 0 Å². The summed E-state index contributed by atoms with van der Waals surface area (Å²) >= 11 is 1.89. The van der Waals surface area contributed by atoms with Gasteiger partial charge in [0.15, 0.2) is 5.76 Å². The maximum atomic E-state index is 11.4. The van der Waals surface area contributed by atoms with E-state index < -0.39 is 0 Å². The van der Waals surface area contributed by atoms with Crippen LogP contribution in [0.1, 0.15) is 47.6 Å². The molecule has 0 bridgehead atoms. The van der Waals surface area contributed by atoms with Crippen molar-refractivity contribution in [1.29, 1.82) is 0 Å². The fourth-order valence-electron chi connectivity index (χ4n) is 2.41. The van der Waals surface area contributed by atoms with Gasteiger partial charge in [0.25, 0.3) is 0 Å². The largest absolute Gasteiger partial charge is 0.455 e. The van der Waals surface area contributed by atoms with Crippen LogP contribution in [0.5, 0.6) is 0 Å². The molecule has 0 aliphatic heterocycles. The van der Waals surface area contributed by atoms with Gasteiger partial charge in [-0.05, 0) is 37.5 Å². The number of aryl methyl sites for hydroxylation is 1. The summed E-state index contributed by atoms with van der Waals surface area (Å²) in [6.07, 6.45) is 5.49. The Labute approximate surface area is 112 Å². The molecule has 5 heteroatoms. The summed E-state index contributed by atoms with van der Waals surface area (Å²) in [4.78, 5) is 11.4. The highest BCUT2D eigenvalue weighted by Crippen LogP contribution is 2.29. The molecule has 1 aromatic rings. The average Bonchev–Trinajstić information content (AvgIpc) is 2.98. The Morgan fingerprint density at radius 2 is 2.28 bits per heavy atom. The second-order valence-electron chi connectivity index (χ2n) is 4.86. The van der Waals surface area contributed by atoms with Crippen molar-refractivity contribution >= 4 is 17.7 Å². The summed E-state index contributed by atoms with van der Waals surface area (Å²) < 4.78 is 5.52. The molecular weight excluding hydrogens is 248 g/mol. The number of hydrogen-bond acceptors (Lipinski definition) is 4. The predicted molar refractivity (Wildman–Crippen MR) is 73.2 cm³/mol. The molecule has 3 N–H and O–H groups in total. The van der Waals surface area contributed by atoms with Gasteiger partial charge in [0.05, 0.1) is 5.75 Å². The van der Waals surface area contributed by atoms with Crippen LogP contribution in [0.15, 0.2) is 10.5 Å². The van der Waals surface area contributed by atoms with E-state index in [0.29, 0.717) is 5.76 Å². The third-order valence-corrected chi connectivity index (χ3v) is 4.57. The number of hydrogen-bond donors (Lipinski definition) is 2. The molecule has 0 spiro atoms. The van der Waals surface area contributed by atoms with Crippen molar-refractivity contribution in [2.24, 2.45) is 11.8 Å². The van der Waals surface area contributed by atoms with Gasteiger partial charge < -0.3 is 4.42 Å². The number of amides is 1. The van der Waals surface area contributed by atoms with Gasteiger partial charge in [0, 0.05) is 5.56 Å². The monoisotopic (exact) mass is 268 g/mol. The number of rotatable bonds is 5. The van der Waals surface area contributed by atoms with Gasteiger partial charge in [0.2, 0.25) is 0 Å². The molecule has 0 unspecified atom stereocenters. The minimum absolute atomic E-state index is 0.328. The zero-order chi connectivity index (χ0) is 13.0. The number of nitrogens with one attached hydrogen (secondary N) is 1. The Bertz CT molecular complexity index is 411. The number of carbonyl (C=O) groups excluding carboxylic acids is 1. The van der Waals surface area contributed by atoms with Gasteiger partial charge >= 0.3 is 5.91 Å². The Kier molecular flexibility index (Phi) is 4.72. The van der Waals surface area contributed by atoms with Crippen LogP contribution in [0, 0.1) is 12.8 Å². The molecule has 0 aromatic carbocycles. The zero-order valence-electron chi connectivity index (χ0n) is 10.7. The SMILES string of the molecule is Cc1cc(CSCC2CCCC2)oc1C(=O)NN. The Balaban J connectivity index is 1.83. The van der Waals surface area contributed by atoms with Crippen molar-refractivity contribution in [3.8, 4) is 0 Å². The molecule has 4 nitrogen and oxygen atoms in total. The van der Waals surface area contributed by atoms with Crippen LogP contribution < -0.4 is 11.3 Å². The van der Waals surface area contributed by atoms with Crippen LogP contribution in [0.4, 0.5) is 0 Å². The first-order valence-corrected chi connectivity index (χ1v) is 7.54. The topological polar surface area (TPSA) is 68.3 Å². The van der Waals surface area contributed by atoms with Gasteiger partial charge in [-0.15, -0.1) is 0 Å². The lowest BCUT2D eigenvalue weighted by Gasteiger charge is -2.06. The summed E-state index contributed by atoms with van der Waals surface area (Å²) in [6.45, 7) is 1.86. The summed E-state index contributed by atoms with van der Waals surface area (Å²) in [5, 5.41) is 0. The van der Waals surface area contributed by atoms with Gasteiger partial charge in [-0.2, -0.15) is 11.8 Å². The molecule has 100 valence electrons. The molecule has 2 rings (SSSR count). The quantitative estimate of drug-likeness (QED) is 0.489. The maximum Gasteiger partial charge on any atom is 0.301 e. The van der Waals surface area contributed by atoms with E-state index in [0.717, 1.165) is 23.0 Å². The minimum Gasteiger partial charge on any atom is -0.455 e. The van der Waals surface area contributed by atoms with Gasteiger partial charge in [-0.1, -0.05) is 12.8 Å². The van der Waals surface area contributed by atoms with E-state index in [1.54, 1.807) is 0 Å². The predicted octanol–water partition coefficient (Wildman–Crippen LogP) is 2.61. The van der Waals surface area contributed by atoms with Crippen LogP contribution in [0.3, 0.4) is 0 Å². The van der Waals surface area contributed by atoms with E-state index >= 15 is 0 Å². The normalized spacial score (nSPS) is 16.1. The van der Waals surface area contributed by atoms with Crippen LogP contribution in [-0.4, -0.2) is 11.7 Å². The first kappa shape index (κ1) is 13.5. The number of nitrogens with two attached hydrogens (primary N) is 1. The second kappa shape index (κ2) is 6.29. The first-order valence-electron chi connectivity index (χ1n) is 6.38. The van der Waals surface area contributed by atoms with Crippen molar-refractivity contribution in [3.05, 3.63) is 23.2 Å². The van der Waals surface area contributed by atoms with E-state index in [9.17, 15) is 4.79 Å². The highest BCUT2D eigenvalue weighted by atomic mass is 32.2. The third-order valence-electron chi connectivity index (χ3n) is 3.38. The highest BCUT2D eigenvalue weighted by molar-refractivity contribution is 7.98. The third kappa shape index (κ3) is 3.29. The van der Waals surface area contributed by atoms with Gasteiger partial charge in [-0.25, -0.2) is 5.84 Å². The molecular formula is C13H20N2O2S. The lowest BCUT2D eigenvalue weighted by atomic mass is 10.1. The molecule has 0 atom stereocenters. The highest BCUT2D eigenvalue weighted by Gasteiger charge is 2.17. The smallest absolute Gasteiger partial charge is 0.301 e. The average molecular weight is 268 g/mol. The molecule has 1 fully saturated rings. The second-order valence-corrected chi connectivity index (χ2v) is 5.89. The standard InChI is InChI=1S/C13H20N2O2S/c1-9-6-11(17-12(9)13(16)15-14)8-18-7-10-4-2-3-5-10/h6,10H,2-5,7-8,14H2,1H3,(H,15,16). The molecule has 1 aliphatic rings. The lowest BCUT2D eigenvalue weighted by molar-refractivity contribution is 0.0923. The van der Waals surface area contributed by atoms with Crippen molar-refractivity contribution in [2.75, 3.05) is 5.75 Å². The molecule has 1 amide bonds. The molecule has 0 saturated heterocycles. The van der Waals surface area contributed by atoms with Crippen LogP contribution in [0.25, 0.3) is 0 Å². The van der Waals surface area contributed by atoms with Crippen LogP contribution in [0.2, 0.25) is 0 Å². The van der Waals surface area contributed by atoms with E-state index in [1.807, 2.05) is 24.8 Å². The molecule has 0 radical (unpaired) electrons. The van der Waals surface area contributed by atoms with Crippen LogP contribution >= 0.6 is 11.8 Å². The zero-order valence-corrected chi connectivity index (χ0v) is 11.5. The molecule has 1 saturated carbocycles. The summed E-state index contributed by atoms with van der Waals surface area (Å²) in [5.74, 6) is 8.82. The number of hydrazine groups is 1. The van der Waals surface area contributed by atoms with E-state index in [1.165, 1.54) is 31.4 Å². The molecule has 1 aliphatic carbocycles. The maximum absolute atomic E-state index is 11.4. The van der Waals surface area contributed by atoms with Gasteiger partial charge in [0.1, 0.15) is 5.76 Å². The van der Waals surface area contributed by atoms with E-state index in [4.69, 9.17) is 10.3 Å². The molecule has 18 heavy (non-hydrogen) atoms. The first-order chi connectivity index (χ1) is 8.70. The number of furan rings is 1. The number of thioether (sulfide) groups is 1. The Morgan fingerprint density at radius 1 is 1.56 bits per heavy atom. The molecule has 1 heterocycles. The van der Waals surface area contributed by atoms with Crippen LogP contribution in [-0.2, 0) is 5.75 Å². The van der Waals surface area contributed by atoms with E-state index in [2.05, 4.69) is 5.43 Å². The number of nitrogen functional groups attached to an aromatic ring is 1.